The van der Waals surface area contributed by atoms with Crippen molar-refractivity contribution in [1.29, 1.82) is 0 Å². The van der Waals surface area contributed by atoms with E-state index in [1.807, 2.05) is 0 Å². The maximum atomic E-state index is 11.2. The van der Waals surface area contributed by atoms with Crippen LogP contribution in [0.25, 0.3) is 0 Å². The van der Waals surface area contributed by atoms with Gasteiger partial charge in [-0.05, 0) is 0 Å². The van der Waals surface area contributed by atoms with Crippen LogP contribution in [0.1, 0.15) is 6.42 Å². The van der Waals surface area contributed by atoms with Crippen LogP contribution in [0, 0.1) is 0 Å². The SMILES string of the molecule is CN(C)C(=O)CCNc1n[nH]c(N)n1. The molecule has 0 spiro atoms. The summed E-state index contributed by atoms with van der Waals surface area (Å²) in [5.41, 5.74) is 5.31. The van der Waals surface area contributed by atoms with Crippen LogP contribution in [0.4, 0.5) is 11.9 Å². The van der Waals surface area contributed by atoms with Gasteiger partial charge in [0.25, 0.3) is 0 Å². The number of carbonyl (C=O) groups excluding carboxylic acids is 1. The van der Waals surface area contributed by atoms with Gasteiger partial charge in [-0.15, -0.1) is 5.10 Å². The van der Waals surface area contributed by atoms with E-state index in [9.17, 15) is 4.79 Å². The highest BCUT2D eigenvalue weighted by Gasteiger charge is 2.04. The largest absolute Gasteiger partial charge is 0.368 e. The molecule has 0 aromatic carbocycles. The molecule has 0 unspecified atom stereocenters. The molecule has 0 radical (unpaired) electrons. The van der Waals surface area contributed by atoms with E-state index in [0.717, 1.165) is 0 Å². The number of hydrogen-bond acceptors (Lipinski definition) is 5. The molecule has 0 saturated carbocycles. The fourth-order valence-electron chi connectivity index (χ4n) is 0.858. The Morgan fingerprint density at radius 1 is 1.64 bits per heavy atom. The molecule has 78 valence electrons. The number of rotatable bonds is 4. The molecule has 1 aromatic rings. The van der Waals surface area contributed by atoms with Crippen LogP contribution in [0.15, 0.2) is 0 Å². The minimum absolute atomic E-state index is 0.0565. The summed E-state index contributed by atoms with van der Waals surface area (Å²) < 4.78 is 0. The summed E-state index contributed by atoms with van der Waals surface area (Å²) in [7, 11) is 3.43. The minimum atomic E-state index is 0.0565. The minimum Gasteiger partial charge on any atom is -0.368 e. The number of amides is 1. The molecule has 1 heterocycles. The van der Waals surface area contributed by atoms with E-state index in [-0.39, 0.29) is 11.9 Å². The van der Waals surface area contributed by atoms with Gasteiger partial charge in [-0.1, -0.05) is 0 Å². The zero-order valence-corrected chi connectivity index (χ0v) is 8.24. The van der Waals surface area contributed by atoms with Crippen molar-refractivity contribution in [1.82, 2.24) is 20.1 Å². The Hall–Kier alpha value is -1.79. The quantitative estimate of drug-likeness (QED) is 0.592. The molecule has 1 rings (SSSR count). The zero-order valence-electron chi connectivity index (χ0n) is 8.24. The Labute approximate surface area is 81.7 Å². The molecular formula is C7H14N6O. The van der Waals surface area contributed by atoms with Crippen molar-refractivity contribution in [2.75, 3.05) is 31.7 Å². The van der Waals surface area contributed by atoms with Crippen LogP contribution in [-0.2, 0) is 4.79 Å². The molecule has 1 aromatic heterocycles. The average Bonchev–Trinajstić information content (AvgIpc) is 2.51. The molecule has 1 amide bonds. The summed E-state index contributed by atoms with van der Waals surface area (Å²) in [6.07, 6.45) is 0.404. The number of aromatic nitrogens is 3. The first kappa shape index (κ1) is 10.3. The lowest BCUT2D eigenvalue weighted by Gasteiger charge is -2.09. The maximum Gasteiger partial charge on any atom is 0.243 e. The van der Waals surface area contributed by atoms with Crippen molar-refractivity contribution in [2.45, 2.75) is 6.42 Å². The lowest BCUT2D eigenvalue weighted by atomic mass is 10.4. The first-order valence-electron chi connectivity index (χ1n) is 4.21. The van der Waals surface area contributed by atoms with Gasteiger partial charge in [0.2, 0.25) is 17.8 Å². The summed E-state index contributed by atoms with van der Waals surface area (Å²) in [6.45, 7) is 0.494. The van der Waals surface area contributed by atoms with Gasteiger partial charge in [0.15, 0.2) is 0 Å². The molecule has 0 bridgehead atoms. The van der Waals surface area contributed by atoms with Gasteiger partial charge in [0.1, 0.15) is 0 Å². The Morgan fingerprint density at radius 3 is 2.86 bits per heavy atom. The molecule has 7 nitrogen and oxygen atoms in total. The molecule has 7 heteroatoms. The lowest BCUT2D eigenvalue weighted by molar-refractivity contribution is -0.128. The Bertz CT molecular complexity index is 307. The smallest absolute Gasteiger partial charge is 0.243 e. The van der Waals surface area contributed by atoms with Crippen molar-refractivity contribution < 1.29 is 4.79 Å². The third-order valence-corrected chi connectivity index (χ3v) is 1.62. The third-order valence-electron chi connectivity index (χ3n) is 1.62. The van der Waals surface area contributed by atoms with Crippen molar-refractivity contribution >= 4 is 17.8 Å². The van der Waals surface area contributed by atoms with Crippen LogP contribution in [0.2, 0.25) is 0 Å². The predicted octanol–water partition coefficient (Wildman–Crippen LogP) is -0.723. The summed E-state index contributed by atoms with van der Waals surface area (Å²) >= 11 is 0. The standard InChI is InChI=1S/C7H14N6O/c1-13(2)5(14)3-4-9-7-10-6(8)11-12-7/h3-4H2,1-2H3,(H4,8,9,10,11,12). The van der Waals surface area contributed by atoms with E-state index in [0.29, 0.717) is 18.9 Å². The molecule has 0 aliphatic heterocycles. The normalized spacial score (nSPS) is 9.86. The number of carbonyl (C=O) groups is 1. The third kappa shape index (κ3) is 2.92. The summed E-state index contributed by atoms with van der Waals surface area (Å²) in [4.78, 5) is 16.5. The molecule has 0 aliphatic rings. The Kier molecular flexibility index (Phi) is 3.27. The summed E-state index contributed by atoms with van der Waals surface area (Å²) in [5.74, 6) is 0.724. The number of anilines is 2. The first-order valence-corrected chi connectivity index (χ1v) is 4.21. The zero-order chi connectivity index (χ0) is 10.6. The van der Waals surface area contributed by atoms with Gasteiger partial charge in [0, 0.05) is 27.1 Å². The van der Waals surface area contributed by atoms with Crippen LogP contribution in [0.3, 0.4) is 0 Å². The number of nitrogens with zero attached hydrogens (tertiary/aromatic N) is 3. The molecule has 4 N–H and O–H groups in total. The van der Waals surface area contributed by atoms with E-state index in [4.69, 9.17) is 5.73 Å². The number of H-pyrrole nitrogens is 1. The number of hydrogen-bond donors (Lipinski definition) is 3. The van der Waals surface area contributed by atoms with Crippen molar-refractivity contribution in [3.8, 4) is 0 Å². The number of nitrogen functional groups attached to an aromatic ring is 1. The van der Waals surface area contributed by atoms with E-state index in [1.54, 1.807) is 14.1 Å². The van der Waals surface area contributed by atoms with Crippen molar-refractivity contribution in [3.05, 3.63) is 0 Å². The van der Waals surface area contributed by atoms with Gasteiger partial charge >= 0.3 is 0 Å². The van der Waals surface area contributed by atoms with Crippen LogP contribution < -0.4 is 11.1 Å². The second-order valence-corrected chi connectivity index (χ2v) is 3.01. The van der Waals surface area contributed by atoms with Crippen LogP contribution >= 0.6 is 0 Å². The molecule has 14 heavy (non-hydrogen) atoms. The number of nitrogens with one attached hydrogen (secondary N) is 2. The van der Waals surface area contributed by atoms with Gasteiger partial charge in [-0.2, -0.15) is 4.98 Å². The Morgan fingerprint density at radius 2 is 2.36 bits per heavy atom. The average molecular weight is 198 g/mol. The number of nitrogens with two attached hydrogens (primary N) is 1. The predicted molar refractivity (Wildman–Crippen MR) is 52.6 cm³/mol. The highest BCUT2D eigenvalue weighted by atomic mass is 16.2. The van der Waals surface area contributed by atoms with E-state index in [1.165, 1.54) is 4.90 Å². The fourth-order valence-corrected chi connectivity index (χ4v) is 0.858. The highest BCUT2D eigenvalue weighted by Crippen LogP contribution is 1.98. The molecule has 0 aliphatic carbocycles. The lowest BCUT2D eigenvalue weighted by Crippen LogP contribution is -2.24. The van der Waals surface area contributed by atoms with E-state index < -0.39 is 0 Å². The fraction of sp³-hybridized carbons (Fsp3) is 0.571. The van der Waals surface area contributed by atoms with Crippen LogP contribution in [0.5, 0.6) is 0 Å². The van der Waals surface area contributed by atoms with E-state index >= 15 is 0 Å². The molecule has 0 atom stereocenters. The monoisotopic (exact) mass is 198 g/mol. The maximum absolute atomic E-state index is 11.2. The van der Waals surface area contributed by atoms with E-state index in [2.05, 4.69) is 20.5 Å². The second-order valence-electron chi connectivity index (χ2n) is 3.01. The van der Waals surface area contributed by atoms with Gasteiger partial charge in [0.05, 0.1) is 0 Å². The van der Waals surface area contributed by atoms with Gasteiger partial charge < -0.3 is 16.0 Å². The highest BCUT2D eigenvalue weighted by molar-refractivity contribution is 5.75. The summed E-state index contributed by atoms with van der Waals surface area (Å²) in [6, 6.07) is 0. The summed E-state index contributed by atoms with van der Waals surface area (Å²) in [5, 5.41) is 9.12. The van der Waals surface area contributed by atoms with Crippen molar-refractivity contribution in [2.24, 2.45) is 0 Å². The second kappa shape index (κ2) is 4.45. The van der Waals surface area contributed by atoms with Crippen molar-refractivity contribution in [3.63, 3.8) is 0 Å². The van der Waals surface area contributed by atoms with Gasteiger partial charge in [-0.25, -0.2) is 5.10 Å². The molecular weight excluding hydrogens is 184 g/mol. The number of aromatic amines is 1. The van der Waals surface area contributed by atoms with Gasteiger partial charge in [-0.3, -0.25) is 4.79 Å². The molecule has 0 fully saturated rings. The van der Waals surface area contributed by atoms with Crippen LogP contribution in [-0.4, -0.2) is 46.6 Å². The first-order chi connectivity index (χ1) is 6.59. The topological polar surface area (TPSA) is 99.9 Å². The molecule has 0 saturated heterocycles. The Balaban J connectivity index is 2.25.